The highest BCUT2D eigenvalue weighted by molar-refractivity contribution is 9.10. The Morgan fingerprint density at radius 2 is 2.00 bits per heavy atom. The number of carbonyl (C=O) groups is 2. The number of hydrogen-bond acceptors (Lipinski definition) is 4. The highest BCUT2D eigenvalue weighted by atomic mass is 79.9. The summed E-state index contributed by atoms with van der Waals surface area (Å²) < 4.78 is 0.541. The van der Waals surface area contributed by atoms with E-state index in [0.717, 1.165) is 0 Å². The molecule has 0 unspecified atom stereocenters. The van der Waals surface area contributed by atoms with Crippen LogP contribution in [0.2, 0.25) is 0 Å². The molecule has 7 heteroatoms. The average molecular weight is 374 g/mol. The number of amides is 1. The lowest BCUT2D eigenvalue weighted by Gasteiger charge is -2.15. The lowest BCUT2D eigenvalue weighted by atomic mass is 10.1. The molecule has 0 spiro atoms. The van der Waals surface area contributed by atoms with Crippen molar-refractivity contribution in [1.82, 2.24) is 10.3 Å². The summed E-state index contributed by atoms with van der Waals surface area (Å²) in [4.78, 5) is 27.6. The van der Waals surface area contributed by atoms with Crippen LogP contribution in [0.5, 0.6) is 0 Å². The van der Waals surface area contributed by atoms with Crippen LogP contribution in [0.1, 0.15) is 21.5 Å². The summed E-state index contributed by atoms with van der Waals surface area (Å²) in [7, 11) is 0. The van der Waals surface area contributed by atoms with E-state index in [0.29, 0.717) is 21.3 Å². The predicted molar refractivity (Wildman–Crippen MR) is 85.7 cm³/mol. The van der Waals surface area contributed by atoms with E-state index in [4.69, 9.17) is 5.26 Å². The summed E-state index contributed by atoms with van der Waals surface area (Å²) in [5, 5.41) is 20.5. The lowest BCUT2D eigenvalue weighted by Crippen LogP contribution is -2.42. The summed E-state index contributed by atoms with van der Waals surface area (Å²) in [5.74, 6) is -1.65. The number of carboxylic acid groups (broad SMARTS) is 1. The average Bonchev–Trinajstić information content (AvgIpc) is 2.56. The van der Waals surface area contributed by atoms with Crippen molar-refractivity contribution in [2.24, 2.45) is 0 Å². The van der Waals surface area contributed by atoms with Crippen molar-refractivity contribution in [3.8, 4) is 6.07 Å². The molecule has 0 aliphatic heterocycles. The monoisotopic (exact) mass is 373 g/mol. The Balaban J connectivity index is 2.13. The van der Waals surface area contributed by atoms with E-state index in [9.17, 15) is 14.7 Å². The first kappa shape index (κ1) is 16.6. The van der Waals surface area contributed by atoms with Gasteiger partial charge in [-0.1, -0.05) is 6.07 Å². The van der Waals surface area contributed by atoms with Gasteiger partial charge in [0.05, 0.1) is 11.6 Å². The van der Waals surface area contributed by atoms with Crippen LogP contribution in [0.25, 0.3) is 0 Å². The Labute approximate surface area is 140 Å². The second kappa shape index (κ2) is 7.51. The molecule has 1 atom stereocenters. The number of carbonyl (C=O) groups excluding carboxylic acids is 1. The van der Waals surface area contributed by atoms with Crippen LogP contribution < -0.4 is 5.32 Å². The first-order chi connectivity index (χ1) is 11.0. The molecule has 6 nitrogen and oxygen atoms in total. The van der Waals surface area contributed by atoms with Gasteiger partial charge in [-0.3, -0.25) is 4.79 Å². The smallest absolute Gasteiger partial charge is 0.326 e. The van der Waals surface area contributed by atoms with Gasteiger partial charge in [0.15, 0.2) is 0 Å². The van der Waals surface area contributed by atoms with Crippen LogP contribution >= 0.6 is 15.9 Å². The van der Waals surface area contributed by atoms with Crippen molar-refractivity contribution in [2.75, 3.05) is 0 Å². The molecule has 23 heavy (non-hydrogen) atoms. The fourth-order valence-electron chi connectivity index (χ4n) is 1.93. The second-order valence-electron chi connectivity index (χ2n) is 4.71. The van der Waals surface area contributed by atoms with Gasteiger partial charge in [0.1, 0.15) is 10.6 Å². The molecule has 2 aromatic rings. The van der Waals surface area contributed by atoms with E-state index in [1.165, 1.54) is 24.3 Å². The Morgan fingerprint density at radius 1 is 1.30 bits per heavy atom. The van der Waals surface area contributed by atoms with Crippen molar-refractivity contribution in [3.63, 3.8) is 0 Å². The number of halogens is 1. The molecule has 0 saturated heterocycles. The number of nitriles is 1. The summed E-state index contributed by atoms with van der Waals surface area (Å²) >= 11 is 3.25. The van der Waals surface area contributed by atoms with Gasteiger partial charge in [0.25, 0.3) is 5.91 Å². The number of nitrogens with zero attached hydrogens (tertiary/aromatic N) is 2. The maximum Gasteiger partial charge on any atom is 0.326 e. The summed E-state index contributed by atoms with van der Waals surface area (Å²) in [5.41, 5.74) is 1.40. The van der Waals surface area contributed by atoms with E-state index in [2.05, 4.69) is 26.2 Å². The molecule has 0 aliphatic carbocycles. The minimum atomic E-state index is -1.14. The molecule has 0 aliphatic rings. The quantitative estimate of drug-likeness (QED) is 0.781. The van der Waals surface area contributed by atoms with Crippen molar-refractivity contribution in [1.29, 1.82) is 5.26 Å². The first-order valence-electron chi connectivity index (χ1n) is 6.64. The van der Waals surface area contributed by atoms with Crippen molar-refractivity contribution >= 4 is 27.8 Å². The van der Waals surface area contributed by atoms with Crippen LogP contribution in [0.3, 0.4) is 0 Å². The van der Waals surface area contributed by atoms with Gasteiger partial charge in [-0.25, -0.2) is 9.78 Å². The molecule has 2 N–H and O–H groups in total. The van der Waals surface area contributed by atoms with Gasteiger partial charge in [-0.2, -0.15) is 5.26 Å². The predicted octanol–water partition coefficient (Wildman–Crippen LogP) is 2.14. The maximum absolute atomic E-state index is 12.1. The Hall–Kier alpha value is -2.72. The second-order valence-corrected chi connectivity index (χ2v) is 5.46. The number of pyridine rings is 1. The molecule has 0 fully saturated rings. The summed E-state index contributed by atoms with van der Waals surface area (Å²) in [6.07, 6.45) is 1.68. The third-order valence-corrected chi connectivity index (χ3v) is 3.85. The first-order valence-corrected chi connectivity index (χ1v) is 7.44. The van der Waals surface area contributed by atoms with E-state index in [1.54, 1.807) is 18.3 Å². The Morgan fingerprint density at radius 3 is 2.57 bits per heavy atom. The van der Waals surface area contributed by atoms with Crippen molar-refractivity contribution < 1.29 is 14.7 Å². The minimum Gasteiger partial charge on any atom is -0.480 e. The van der Waals surface area contributed by atoms with Gasteiger partial charge in [-0.15, -0.1) is 0 Å². The standard InChI is InChI=1S/C16H12BrN3O3/c17-14-12(2-1-7-19-14)8-13(16(22)23)20-15(21)11-5-3-10(9-18)4-6-11/h1-7,13H,8H2,(H,20,21)(H,22,23)/t13-/m1/s1. The molecule has 0 bridgehead atoms. The zero-order valence-corrected chi connectivity index (χ0v) is 13.4. The van der Waals surface area contributed by atoms with Gasteiger partial charge in [-0.05, 0) is 51.8 Å². The van der Waals surface area contributed by atoms with Gasteiger partial charge in [0.2, 0.25) is 0 Å². The van der Waals surface area contributed by atoms with Crippen LogP contribution in [-0.4, -0.2) is 28.0 Å². The highest BCUT2D eigenvalue weighted by Gasteiger charge is 2.22. The molecular weight excluding hydrogens is 362 g/mol. The van der Waals surface area contributed by atoms with Crippen molar-refractivity contribution in [2.45, 2.75) is 12.5 Å². The summed E-state index contributed by atoms with van der Waals surface area (Å²) in [6.45, 7) is 0. The van der Waals surface area contributed by atoms with E-state index < -0.39 is 17.9 Å². The minimum absolute atomic E-state index is 0.103. The zero-order valence-electron chi connectivity index (χ0n) is 11.9. The Bertz CT molecular complexity index is 769. The Kier molecular flexibility index (Phi) is 5.44. The molecule has 116 valence electrons. The maximum atomic E-state index is 12.1. The third-order valence-electron chi connectivity index (χ3n) is 3.14. The third kappa shape index (κ3) is 4.37. The molecule has 1 aromatic heterocycles. The van der Waals surface area contributed by atoms with Crippen molar-refractivity contribution in [3.05, 3.63) is 63.9 Å². The molecule has 1 heterocycles. The normalized spacial score (nSPS) is 11.3. The number of aliphatic carboxylic acids is 1. The lowest BCUT2D eigenvalue weighted by molar-refractivity contribution is -0.139. The van der Waals surface area contributed by atoms with Gasteiger partial charge >= 0.3 is 5.97 Å². The number of carboxylic acids is 1. The number of hydrogen-bond donors (Lipinski definition) is 2. The largest absolute Gasteiger partial charge is 0.480 e. The fourth-order valence-corrected chi connectivity index (χ4v) is 2.34. The van der Waals surface area contributed by atoms with E-state index >= 15 is 0 Å². The number of nitrogens with one attached hydrogen (secondary N) is 1. The number of aromatic nitrogens is 1. The molecule has 1 aromatic carbocycles. The van der Waals surface area contributed by atoms with E-state index in [-0.39, 0.29) is 6.42 Å². The molecule has 2 rings (SSSR count). The van der Waals surface area contributed by atoms with Crippen LogP contribution in [0, 0.1) is 11.3 Å². The topological polar surface area (TPSA) is 103 Å². The highest BCUT2D eigenvalue weighted by Crippen LogP contribution is 2.15. The fraction of sp³-hybridized carbons (Fsp3) is 0.125. The van der Waals surface area contributed by atoms with Crippen LogP contribution in [0.4, 0.5) is 0 Å². The molecular formula is C16H12BrN3O3. The number of benzene rings is 1. The molecule has 0 radical (unpaired) electrons. The summed E-state index contributed by atoms with van der Waals surface area (Å²) in [6, 6.07) is 10.3. The molecule has 1 amide bonds. The zero-order chi connectivity index (χ0) is 16.8. The van der Waals surface area contributed by atoms with Crippen LogP contribution in [0.15, 0.2) is 47.2 Å². The van der Waals surface area contributed by atoms with Gasteiger partial charge < -0.3 is 10.4 Å². The molecule has 0 saturated carbocycles. The SMILES string of the molecule is N#Cc1ccc(C(=O)N[C@H](Cc2cccnc2Br)C(=O)O)cc1. The number of rotatable bonds is 5. The van der Waals surface area contributed by atoms with Gasteiger partial charge in [0, 0.05) is 18.2 Å². The van der Waals surface area contributed by atoms with Crippen LogP contribution in [-0.2, 0) is 11.2 Å². The van der Waals surface area contributed by atoms with E-state index in [1.807, 2.05) is 6.07 Å².